The average molecular weight is 225 g/mol. The summed E-state index contributed by atoms with van der Waals surface area (Å²) in [7, 11) is 0. The Labute approximate surface area is 91.4 Å². The van der Waals surface area contributed by atoms with Crippen LogP contribution in [0.1, 0.15) is 4.88 Å². The smallest absolute Gasteiger partial charge is 0.125 e. The van der Waals surface area contributed by atoms with Crippen LogP contribution in [0.25, 0.3) is 10.6 Å². The lowest BCUT2D eigenvalue weighted by atomic mass is 10.2. The second-order valence-electron chi connectivity index (χ2n) is 2.82. The SMILES string of the molecule is NCc1cnc(-c2ccccc2Cl)s1. The van der Waals surface area contributed by atoms with Gasteiger partial charge in [-0.1, -0.05) is 29.8 Å². The summed E-state index contributed by atoms with van der Waals surface area (Å²) in [6.07, 6.45) is 1.79. The minimum absolute atomic E-state index is 0.530. The maximum absolute atomic E-state index is 6.05. The lowest BCUT2D eigenvalue weighted by Gasteiger charge is -1.97. The summed E-state index contributed by atoms with van der Waals surface area (Å²) in [5.74, 6) is 0. The van der Waals surface area contributed by atoms with E-state index in [0.717, 1.165) is 20.5 Å². The van der Waals surface area contributed by atoms with Crippen molar-refractivity contribution in [2.75, 3.05) is 0 Å². The van der Waals surface area contributed by atoms with Gasteiger partial charge >= 0.3 is 0 Å². The van der Waals surface area contributed by atoms with Crippen molar-refractivity contribution in [1.82, 2.24) is 4.98 Å². The van der Waals surface area contributed by atoms with Crippen molar-refractivity contribution >= 4 is 22.9 Å². The fourth-order valence-electron chi connectivity index (χ4n) is 1.16. The van der Waals surface area contributed by atoms with Gasteiger partial charge in [0.15, 0.2) is 0 Å². The Bertz CT molecular complexity index is 439. The molecular formula is C10H9ClN2S. The Morgan fingerprint density at radius 3 is 2.79 bits per heavy atom. The van der Waals surface area contributed by atoms with Crippen LogP contribution >= 0.6 is 22.9 Å². The molecule has 1 heterocycles. The van der Waals surface area contributed by atoms with Gasteiger partial charge in [0.05, 0.1) is 5.02 Å². The number of nitrogens with zero attached hydrogens (tertiary/aromatic N) is 1. The van der Waals surface area contributed by atoms with Gasteiger partial charge in [0.25, 0.3) is 0 Å². The standard InChI is InChI=1S/C10H9ClN2S/c11-9-4-2-1-3-8(9)10-13-6-7(5-12)14-10/h1-4,6H,5,12H2. The molecule has 0 fully saturated rings. The van der Waals surface area contributed by atoms with E-state index in [-0.39, 0.29) is 0 Å². The van der Waals surface area contributed by atoms with Crippen molar-refractivity contribution in [2.24, 2.45) is 5.73 Å². The van der Waals surface area contributed by atoms with E-state index in [1.165, 1.54) is 0 Å². The molecule has 1 aromatic carbocycles. The molecule has 0 spiro atoms. The van der Waals surface area contributed by atoms with Crippen LogP contribution in [0.5, 0.6) is 0 Å². The molecule has 0 saturated carbocycles. The van der Waals surface area contributed by atoms with E-state index in [2.05, 4.69) is 4.98 Å². The molecule has 1 aromatic heterocycles. The molecule has 0 bridgehead atoms. The van der Waals surface area contributed by atoms with E-state index in [4.69, 9.17) is 17.3 Å². The highest BCUT2D eigenvalue weighted by Crippen LogP contribution is 2.30. The summed E-state index contributed by atoms with van der Waals surface area (Å²) in [6, 6.07) is 7.68. The molecule has 2 aromatic rings. The molecule has 2 N–H and O–H groups in total. The first-order chi connectivity index (χ1) is 6.81. The zero-order chi connectivity index (χ0) is 9.97. The number of aromatic nitrogens is 1. The van der Waals surface area contributed by atoms with Crippen molar-refractivity contribution in [3.63, 3.8) is 0 Å². The Morgan fingerprint density at radius 1 is 1.36 bits per heavy atom. The molecule has 0 aliphatic rings. The fraction of sp³-hybridized carbons (Fsp3) is 0.100. The Balaban J connectivity index is 2.44. The van der Waals surface area contributed by atoms with Gasteiger partial charge in [-0.2, -0.15) is 0 Å². The first-order valence-electron chi connectivity index (χ1n) is 4.21. The van der Waals surface area contributed by atoms with E-state index in [9.17, 15) is 0 Å². The number of halogens is 1. The van der Waals surface area contributed by atoms with Crippen molar-refractivity contribution < 1.29 is 0 Å². The molecule has 2 rings (SSSR count). The van der Waals surface area contributed by atoms with Crippen LogP contribution in [0, 0.1) is 0 Å². The van der Waals surface area contributed by atoms with Crippen LogP contribution in [0.15, 0.2) is 30.5 Å². The molecule has 0 saturated heterocycles. The molecule has 0 atom stereocenters. The molecule has 2 nitrogen and oxygen atoms in total. The summed E-state index contributed by atoms with van der Waals surface area (Å²) in [6.45, 7) is 0.530. The minimum Gasteiger partial charge on any atom is -0.326 e. The molecule has 4 heteroatoms. The monoisotopic (exact) mass is 224 g/mol. The van der Waals surface area contributed by atoms with Crippen molar-refractivity contribution in [3.05, 3.63) is 40.4 Å². The number of hydrogen-bond donors (Lipinski definition) is 1. The molecule has 14 heavy (non-hydrogen) atoms. The summed E-state index contributed by atoms with van der Waals surface area (Å²) in [5, 5.41) is 1.65. The van der Waals surface area contributed by atoms with E-state index < -0.39 is 0 Å². The van der Waals surface area contributed by atoms with Gasteiger partial charge in [-0.15, -0.1) is 11.3 Å². The maximum Gasteiger partial charge on any atom is 0.125 e. The van der Waals surface area contributed by atoms with Crippen LogP contribution in [0.2, 0.25) is 5.02 Å². The number of benzene rings is 1. The first kappa shape index (κ1) is 9.65. The normalized spacial score (nSPS) is 10.4. The van der Waals surface area contributed by atoms with Crippen LogP contribution in [0.4, 0.5) is 0 Å². The van der Waals surface area contributed by atoms with E-state index in [1.807, 2.05) is 24.3 Å². The van der Waals surface area contributed by atoms with Crippen molar-refractivity contribution in [1.29, 1.82) is 0 Å². The molecule has 0 aliphatic carbocycles. The highest BCUT2D eigenvalue weighted by atomic mass is 35.5. The third-order valence-corrected chi connectivity index (χ3v) is 3.24. The Morgan fingerprint density at radius 2 is 2.14 bits per heavy atom. The molecule has 0 radical (unpaired) electrons. The van der Waals surface area contributed by atoms with Gasteiger partial charge in [-0.3, -0.25) is 0 Å². The van der Waals surface area contributed by atoms with Crippen LogP contribution in [-0.2, 0) is 6.54 Å². The van der Waals surface area contributed by atoms with Gasteiger partial charge in [-0.05, 0) is 6.07 Å². The third-order valence-electron chi connectivity index (χ3n) is 1.86. The number of rotatable bonds is 2. The van der Waals surface area contributed by atoms with E-state index in [0.29, 0.717) is 6.54 Å². The molecule has 72 valence electrons. The lowest BCUT2D eigenvalue weighted by Crippen LogP contribution is -1.91. The van der Waals surface area contributed by atoms with Gasteiger partial charge in [-0.25, -0.2) is 4.98 Å². The van der Waals surface area contributed by atoms with Crippen molar-refractivity contribution in [3.8, 4) is 10.6 Å². The zero-order valence-corrected chi connectivity index (χ0v) is 8.98. The number of nitrogens with two attached hydrogens (primary N) is 1. The molecule has 0 aliphatic heterocycles. The summed E-state index contributed by atoms with van der Waals surface area (Å²) >= 11 is 7.63. The molecule has 0 amide bonds. The largest absolute Gasteiger partial charge is 0.326 e. The van der Waals surface area contributed by atoms with Crippen LogP contribution < -0.4 is 5.73 Å². The lowest BCUT2D eigenvalue weighted by molar-refractivity contribution is 1.10. The Kier molecular flexibility index (Phi) is 2.82. The summed E-state index contributed by atoms with van der Waals surface area (Å²) < 4.78 is 0. The number of hydrogen-bond acceptors (Lipinski definition) is 3. The zero-order valence-electron chi connectivity index (χ0n) is 7.40. The van der Waals surface area contributed by atoms with Crippen molar-refractivity contribution in [2.45, 2.75) is 6.54 Å². The molecule has 0 unspecified atom stereocenters. The average Bonchev–Trinajstić information content (AvgIpc) is 2.67. The van der Waals surface area contributed by atoms with Gasteiger partial charge in [0.2, 0.25) is 0 Å². The number of thiazole rings is 1. The highest BCUT2D eigenvalue weighted by Gasteiger charge is 2.06. The predicted octanol–water partition coefficient (Wildman–Crippen LogP) is 2.92. The van der Waals surface area contributed by atoms with Gasteiger partial charge < -0.3 is 5.73 Å². The van der Waals surface area contributed by atoms with Gasteiger partial charge in [0.1, 0.15) is 5.01 Å². The first-order valence-corrected chi connectivity index (χ1v) is 5.40. The van der Waals surface area contributed by atoms with E-state index in [1.54, 1.807) is 17.5 Å². The van der Waals surface area contributed by atoms with Crippen LogP contribution in [0.3, 0.4) is 0 Å². The summed E-state index contributed by atoms with van der Waals surface area (Å²) in [5.41, 5.74) is 6.49. The second kappa shape index (κ2) is 4.09. The quantitative estimate of drug-likeness (QED) is 0.852. The fourth-order valence-corrected chi connectivity index (χ4v) is 2.27. The summed E-state index contributed by atoms with van der Waals surface area (Å²) in [4.78, 5) is 5.34. The molecular weight excluding hydrogens is 216 g/mol. The van der Waals surface area contributed by atoms with E-state index >= 15 is 0 Å². The third kappa shape index (κ3) is 1.80. The Hall–Kier alpha value is -0.900. The second-order valence-corrected chi connectivity index (χ2v) is 4.34. The minimum atomic E-state index is 0.530. The van der Waals surface area contributed by atoms with Crippen LogP contribution in [-0.4, -0.2) is 4.98 Å². The van der Waals surface area contributed by atoms with Gasteiger partial charge in [0, 0.05) is 23.2 Å². The maximum atomic E-state index is 6.05. The predicted molar refractivity (Wildman–Crippen MR) is 60.5 cm³/mol. The highest BCUT2D eigenvalue weighted by molar-refractivity contribution is 7.15. The topological polar surface area (TPSA) is 38.9 Å².